The normalized spacial score (nSPS) is 20.2. The van der Waals surface area contributed by atoms with Crippen LogP contribution < -0.4 is 0 Å². The van der Waals surface area contributed by atoms with Gasteiger partial charge in [0.05, 0.1) is 22.4 Å². The number of piperidine rings is 1. The molecule has 0 aromatic heterocycles. The molecular weight excluding hydrogens is 280 g/mol. The highest BCUT2D eigenvalue weighted by molar-refractivity contribution is 7.89. The molecule has 20 heavy (non-hydrogen) atoms. The van der Waals surface area contributed by atoms with Crippen molar-refractivity contribution >= 4 is 16.0 Å². The topological polar surface area (TPSA) is 98.5 Å². The number of carbonyl (C=O) groups is 1. The minimum absolute atomic E-state index is 0.00231. The Labute approximate surface area is 117 Å². The van der Waals surface area contributed by atoms with Gasteiger partial charge in [0.25, 0.3) is 0 Å². The van der Waals surface area contributed by atoms with Crippen molar-refractivity contribution in [1.29, 1.82) is 5.26 Å². The molecule has 0 radical (unpaired) electrons. The van der Waals surface area contributed by atoms with Crippen molar-refractivity contribution in [3.05, 3.63) is 29.8 Å². The fraction of sp³-hybridized carbons (Fsp3) is 0.385. The number of rotatable bonds is 3. The maximum Gasteiger partial charge on any atom is 0.307 e. The third-order valence-electron chi connectivity index (χ3n) is 3.35. The highest BCUT2D eigenvalue weighted by Gasteiger charge is 2.33. The van der Waals surface area contributed by atoms with Gasteiger partial charge in [0.15, 0.2) is 0 Å². The quantitative estimate of drug-likeness (QED) is 0.898. The van der Waals surface area contributed by atoms with Crippen molar-refractivity contribution in [2.75, 3.05) is 13.1 Å². The molecule has 0 aliphatic carbocycles. The zero-order valence-corrected chi connectivity index (χ0v) is 11.5. The van der Waals surface area contributed by atoms with Gasteiger partial charge in [-0.2, -0.15) is 9.57 Å². The summed E-state index contributed by atoms with van der Waals surface area (Å²) in [6.45, 7) is 0.323. The molecule has 1 aliphatic rings. The van der Waals surface area contributed by atoms with Crippen molar-refractivity contribution in [3.8, 4) is 6.07 Å². The van der Waals surface area contributed by atoms with Gasteiger partial charge in [0.2, 0.25) is 10.0 Å². The summed E-state index contributed by atoms with van der Waals surface area (Å²) in [4.78, 5) is 11.1. The Morgan fingerprint density at radius 1 is 1.35 bits per heavy atom. The van der Waals surface area contributed by atoms with Crippen LogP contribution in [0.5, 0.6) is 0 Å². The van der Waals surface area contributed by atoms with E-state index in [4.69, 9.17) is 10.4 Å². The second-order valence-corrected chi connectivity index (χ2v) is 6.61. The van der Waals surface area contributed by atoms with Crippen LogP contribution >= 0.6 is 0 Å². The number of sulfonamides is 1. The van der Waals surface area contributed by atoms with Gasteiger partial charge in [-0.3, -0.25) is 4.79 Å². The molecule has 1 fully saturated rings. The number of aliphatic carboxylic acids is 1. The molecule has 1 saturated heterocycles. The number of carboxylic acid groups (broad SMARTS) is 1. The smallest absolute Gasteiger partial charge is 0.307 e. The lowest BCUT2D eigenvalue weighted by atomic mass is 10.0. The third-order valence-corrected chi connectivity index (χ3v) is 5.23. The predicted octanol–water partition coefficient (Wildman–Crippen LogP) is 1.04. The largest absolute Gasteiger partial charge is 0.481 e. The molecule has 1 aliphatic heterocycles. The molecule has 1 atom stereocenters. The van der Waals surface area contributed by atoms with Crippen molar-refractivity contribution < 1.29 is 18.3 Å². The molecule has 1 heterocycles. The Morgan fingerprint density at radius 2 is 2.00 bits per heavy atom. The molecule has 0 bridgehead atoms. The van der Waals surface area contributed by atoms with Crippen molar-refractivity contribution in [2.45, 2.75) is 17.7 Å². The molecular formula is C13H14N2O4S. The molecule has 0 saturated carbocycles. The maximum absolute atomic E-state index is 12.4. The third kappa shape index (κ3) is 2.81. The first-order valence-electron chi connectivity index (χ1n) is 6.18. The Hall–Kier alpha value is -1.91. The molecule has 7 heteroatoms. The van der Waals surface area contributed by atoms with Crippen LogP contribution in [0, 0.1) is 17.2 Å². The van der Waals surface area contributed by atoms with Crippen molar-refractivity contribution in [2.24, 2.45) is 5.92 Å². The lowest BCUT2D eigenvalue weighted by Gasteiger charge is -2.29. The van der Waals surface area contributed by atoms with E-state index in [1.165, 1.54) is 28.6 Å². The molecule has 1 aromatic carbocycles. The molecule has 2 rings (SSSR count). The van der Waals surface area contributed by atoms with Crippen LogP contribution in [-0.2, 0) is 14.8 Å². The molecule has 1 N–H and O–H groups in total. The fourth-order valence-corrected chi connectivity index (χ4v) is 3.74. The highest BCUT2D eigenvalue weighted by atomic mass is 32.2. The van der Waals surface area contributed by atoms with Crippen LogP contribution in [0.2, 0.25) is 0 Å². The SMILES string of the molecule is N#Cc1ccc(S(=O)(=O)N2CCC[C@H](C(=O)O)C2)cc1. The van der Waals surface area contributed by atoms with E-state index in [1.54, 1.807) is 0 Å². The van der Waals surface area contributed by atoms with Gasteiger partial charge in [-0.15, -0.1) is 0 Å². The maximum atomic E-state index is 12.4. The molecule has 0 unspecified atom stereocenters. The summed E-state index contributed by atoms with van der Waals surface area (Å²) in [5.41, 5.74) is 0.381. The summed E-state index contributed by atoms with van der Waals surface area (Å²) >= 11 is 0. The Bertz CT molecular complexity index is 646. The lowest BCUT2D eigenvalue weighted by Crippen LogP contribution is -2.42. The van der Waals surface area contributed by atoms with Crippen molar-refractivity contribution in [1.82, 2.24) is 4.31 Å². The summed E-state index contributed by atoms with van der Waals surface area (Å²) < 4.78 is 26.0. The van der Waals surface area contributed by atoms with E-state index in [-0.39, 0.29) is 11.4 Å². The van der Waals surface area contributed by atoms with Crippen LogP contribution in [0.3, 0.4) is 0 Å². The summed E-state index contributed by atoms with van der Waals surface area (Å²) in [6.07, 6.45) is 1.03. The molecule has 0 spiro atoms. The number of benzene rings is 1. The average molecular weight is 294 g/mol. The fourth-order valence-electron chi connectivity index (χ4n) is 2.21. The second-order valence-electron chi connectivity index (χ2n) is 4.68. The first-order valence-corrected chi connectivity index (χ1v) is 7.62. The summed E-state index contributed by atoms with van der Waals surface area (Å²) in [5.74, 6) is -1.62. The zero-order valence-electron chi connectivity index (χ0n) is 10.7. The van der Waals surface area contributed by atoms with Gasteiger partial charge >= 0.3 is 5.97 Å². The number of hydrogen-bond acceptors (Lipinski definition) is 4. The van der Waals surface area contributed by atoms with Gasteiger partial charge in [0, 0.05) is 13.1 Å². The van der Waals surface area contributed by atoms with Gasteiger partial charge in [-0.25, -0.2) is 8.42 Å². The van der Waals surface area contributed by atoms with Gasteiger partial charge in [0.1, 0.15) is 0 Å². The van der Waals surface area contributed by atoms with E-state index < -0.39 is 21.9 Å². The van der Waals surface area contributed by atoms with E-state index in [2.05, 4.69) is 0 Å². The number of nitrogens with zero attached hydrogens (tertiary/aromatic N) is 2. The van der Waals surface area contributed by atoms with Gasteiger partial charge in [-0.1, -0.05) is 0 Å². The Kier molecular flexibility index (Phi) is 4.06. The number of carboxylic acids is 1. The van der Waals surface area contributed by atoms with Crippen LogP contribution in [-0.4, -0.2) is 36.9 Å². The monoisotopic (exact) mass is 294 g/mol. The molecule has 6 nitrogen and oxygen atoms in total. The first kappa shape index (κ1) is 14.5. The van der Waals surface area contributed by atoms with Crippen LogP contribution in [0.1, 0.15) is 18.4 Å². The van der Waals surface area contributed by atoms with E-state index in [0.29, 0.717) is 24.9 Å². The number of nitriles is 1. The average Bonchev–Trinajstić information content (AvgIpc) is 2.47. The number of hydrogen-bond donors (Lipinski definition) is 1. The van der Waals surface area contributed by atoms with Gasteiger partial charge < -0.3 is 5.11 Å². The van der Waals surface area contributed by atoms with Crippen LogP contribution in [0.15, 0.2) is 29.2 Å². The Morgan fingerprint density at radius 3 is 2.55 bits per heavy atom. The standard InChI is InChI=1S/C13H14N2O4S/c14-8-10-3-5-12(6-4-10)20(18,19)15-7-1-2-11(9-15)13(16)17/h3-6,11H,1-2,7,9H2,(H,16,17)/t11-/m0/s1. The molecule has 106 valence electrons. The minimum atomic E-state index is -3.69. The Balaban J connectivity index is 2.25. The second kappa shape index (κ2) is 5.61. The summed E-state index contributed by atoms with van der Waals surface area (Å²) in [5, 5.41) is 17.7. The lowest BCUT2D eigenvalue weighted by molar-refractivity contribution is -0.142. The van der Waals surface area contributed by atoms with Crippen molar-refractivity contribution in [3.63, 3.8) is 0 Å². The molecule has 0 amide bonds. The van der Waals surface area contributed by atoms with Gasteiger partial charge in [-0.05, 0) is 37.1 Å². The van der Waals surface area contributed by atoms with E-state index in [0.717, 1.165) is 0 Å². The van der Waals surface area contributed by atoms with E-state index in [1.807, 2.05) is 6.07 Å². The predicted molar refractivity (Wildman–Crippen MR) is 70.3 cm³/mol. The summed E-state index contributed by atoms with van der Waals surface area (Å²) in [7, 11) is -3.69. The zero-order chi connectivity index (χ0) is 14.8. The molecule has 1 aromatic rings. The van der Waals surface area contributed by atoms with E-state index >= 15 is 0 Å². The van der Waals surface area contributed by atoms with E-state index in [9.17, 15) is 13.2 Å². The highest BCUT2D eigenvalue weighted by Crippen LogP contribution is 2.24. The van der Waals surface area contributed by atoms with Crippen LogP contribution in [0.4, 0.5) is 0 Å². The first-order chi connectivity index (χ1) is 9.45. The summed E-state index contributed by atoms with van der Waals surface area (Å²) in [6, 6.07) is 7.54. The van der Waals surface area contributed by atoms with Crippen LogP contribution in [0.25, 0.3) is 0 Å². The minimum Gasteiger partial charge on any atom is -0.481 e.